The molecule has 0 fully saturated rings. The van der Waals surface area contributed by atoms with Gasteiger partial charge in [-0.05, 0) is 62.2 Å². The van der Waals surface area contributed by atoms with E-state index in [-0.39, 0.29) is 11.7 Å². The Labute approximate surface area is 179 Å². The van der Waals surface area contributed by atoms with Crippen LogP contribution in [0.25, 0.3) is 6.08 Å². The van der Waals surface area contributed by atoms with Gasteiger partial charge in [0.05, 0.1) is 21.9 Å². The second kappa shape index (κ2) is 7.85. The van der Waals surface area contributed by atoms with Crippen molar-refractivity contribution in [2.75, 3.05) is 0 Å². The Morgan fingerprint density at radius 1 is 1.24 bits per heavy atom. The minimum absolute atomic E-state index is 0.137. The van der Waals surface area contributed by atoms with Crippen LogP contribution in [0.2, 0.25) is 0 Å². The number of thiophene rings is 2. The molecule has 0 spiro atoms. The quantitative estimate of drug-likeness (QED) is 0.578. The number of fused-ring (bicyclic) bond motifs is 1. The van der Waals surface area contributed by atoms with E-state index in [9.17, 15) is 9.59 Å². The summed E-state index contributed by atoms with van der Waals surface area (Å²) in [6, 6.07) is 5.37. The van der Waals surface area contributed by atoms with Crippen LogP contribution < -0.4 is 14.9 Å². The molecule has 8 heteroatoms. The van der Waals surface area contributed by atoms with Gasteiger partial charge in [0.25, 0.3) is 5.56 Å². The summed E-state index contributed by atoms with van der Waals surface area (Å²) in [5.74, 6) is -0.428. The minimum atomic E-state index is -0.524. The average Bonchev–Trinajstić information content (AvgIpc) is 3.37. The molecule has 5 nitrogen and oxygen atoms in total. The van der Waals surface area contributed by atoms with Gasteiger partial charge < -0.3 is 4.74 Å². The van der Waals surface area contributed by atoms with E-state index < -0.39 is 12.0 Å². The molecule has 3 aromatic heterocycles. The molecule has 1 unspecified atom stereocenters. The highest BCUT2D eigenvalue weighted by Crippen LogP contribution is 2.33. The first-order chi connectivity index (χ1) is 13.9. The summed E-state index contributed by atoms with van der Waals surface area (Å²) in [6.07, 6.45) is 1.67. The maximum Gasteiger partial charge on any atom is 0.338 e. The largest absolute Gasteiger partial charge is 0.459 e. The second-order valence-corrected chi connectivity index (χ2v) is 9.96. The number of esters is 1. The summed E-state index contributed by atoms with van der Waals surface area (Å²) in [7, 11) is 0. The van der Waals surface area contributed by atoms with E-state index in [1.807, 2.05) is 55.8 Å². The van der Waals surface area contributed by atoms with Gasteiger partial charge >= 0.3 is 5.97 Å². The zero-order chi connectivity index (χ0) is 20.7. The monoisotopic (exact) mass is 444 g/mol. The smallest absolute Gasteiger partial charge is 0.338 e. The van der Waals surface area contributed by atoms with Gasteiger partial charge in [-0.25, -0.2) is 9.79 Å². The number of ether oxygens (including phenoxy) is 1. The molecule has 0 saturated carbocycles. The summed E-state index contributed by atoms with van der Waals surface area (Å²) in [5, 5.41) is 3.96. The predicted molar refractivity (Wildman–Crippen MR) is 118 cm³/mol. The Morgan fingerprint density at radius 2 is 2.03 bits per heavy atom. The predicted octanol–water partition coefficient (Wildman–Crippen LogP) is 3.62. The van der Waals surface area contributed by atoms with E-state index in [2.05, 4.69) is 4.99 Å². The first-order valence-electron chi connectivity index (χ1n) is 9.18. The number of carbonyl (C=O) groups is 1. The molecule has 1 atom stereocenters. The van der Waals surface area contributed by atoms with E-state index >= 15 is 0 Å². The molecule has 1 aliphatic rings. The lowest BCUT2D eigenvalue weighted by molar-refractivity contribution is -0.143. The van der Waals surface area contributed by atoms with Crippen molar-refractivity contribution in [2.24, 2.45) is 4.99 Å². The molecule has 4 rings (SSSR count). The van der Waals surface area contributed by atoms with Crippen molar-refractivity contribution in [3.05, 3.63) is 75.2 Å². The maximum atomic E-state index is 13.4. The molecule has 0 radical (unpaired) electrons. The van der Waals surface area contributed by atoms with Crippen LogP contribution in [0.3, 0.4) is 0 Å². The van der Waals surface area contributed by atoms with Crippen LogP contribution in [-0.2, 0) is 9.53 Å². The lowest BCUT2D eigenvalue weighted by Gasteiger charge is -2.24. The number of thiazole rings is 1. The number of carbonyl (C=O) groups excluding carboxylic acids is 1. The van der Waals surface area contributed by atoms with Gasteiger partial charge in [-0.1, -0.05) is 17.4 Å². The third kappa shape index (κ3) is 3.68. The van der Waals surface area contributed by atoms with Gasteiger partial charge in [0, 0.05) is 9.75 Å². The maximum absolute atomic E-state index is 13.4. The van der Waals surface area contributed by atoms with Crippen molar-refractivity contribution in [1.82, 2.24) is 4.57 Å². The van der Waals surface area contributed by atoms with Crippen LogP contribution in [0.1, 0.15) is 42.1 Å². The Balaban J connectivity index is 1.94. The van der Waals surface area contributed by atoms with Crippen molar-refractivity contribution in [1.29, 1.82) is 0 Å². The van der Waals surface area contributed by atoms with Crippen molar-refractivity contribution in [3.63, 3.8) is 0 Å². The summed E-state index contributed by atoms with van der Waals surface area (Å²) in [6.45, 7) is 7.45. The van der Waals surface area contributed by atoms with Crippen molar-refractivity contribution >= 4 is 46.1 Å². The lowest BCUT2D eigenvalue weighted by Crippen LogP contribution is -2.39. The summed E-state index contributed by atoms with van der Waals surface area (Å²) >= 11 is 4.47. The number of rotatable bonds is 4. The van der Waals surface area contributed by atoms with Gasteiger partial charge in [-0.2, -0.15) is 0 Å². The molecule has 0 bridgehead atoms. The van der Waals surface area contributed by atoms with E-state index in [0.717, 1.165) is 15.3 Å². The molecule has 150 valence electrons. The lowest BCUT2D eigenvalue weighted by atomic mass is 10.0. The molecule has 4 heterocycles. The highest BCUT2D eigenvalue weighted by atomic mass is 32.1. The topological polar surface area (TPSA) is 60.7 Å². The van der Waals surface area contributed by atoms with Gasteiger partial charge in [-0.15, -0.1) is 22.7 Å². The summed E-state index contributed by atoms with van der Waals surface area (Å²) in [5.41, 5.74) is 2.01. The van der Waals surface area contributed by atoms with E-state index in [4.69, 9.17) is 4.74 Å². The first kappa shape index (κ1) is 20.0. The third-order valence-corrected chi connectivity index (χ3v) is 7.43. The van der Waals surface area contributed by atoms with Crippen LogP contribution in [0.5, 0.6) is 0 Å². The van der Waals surface area contributed by atoms with Gasteiger partial charge in [0.1, 0.15) is 6.04 Å². The third-order valence-electron chi connectivity index (χ3n) is 4.56. The minimum Gasteiger partial charge on any atom is -0.459 e. The Kier molecular flexibility index (Phi) is 5.42. The van der Waals surface area contributed by atoms with Crippen LogP contribution in [0.4, 0.5) is 0 Å². The number of hydrogen-bond donors (Lipinski definition) is 0. The van der Waals surface area contributed by atoms with Gasteiger partial charge in [0.2, 0.25) is 0 Å². The van der Waals surface area contributed by atoms with Crippen molar-refractivity contribution in [2.45, 2.75) is 39.8 Å². The molecule has 0 N–H and O–H groups in total. The van der Waals surface area contributed by atoms with Crippen LogP contribution in [-0.4, -0.2) is 16.6 Å². The fraction of sp³-hybridized carbons (Fsp3) is 0.286. The second-order valence-electron chi connectivity index (χ2n) is 7.02. The molecule has 1 aliphatic heterocycles. The van der Waals surface area contributed by atoms with E-state index in [1.54, 1.807) is 22.8 Å². The fourth-order valence-electron chi connectivity index (χ4n) is 3.23. The molecule has 3 aromatic rings. The molecule has 0 aliphatic carbocycles. The van der Waals surface area contributed by atoms with Gasteiger partial charge in [-0.3, -0.25) is 9.36 Å². The number of aromatic nitrogens is 1. The molecular weight excluding hydrogens is 424 g/mol. The molecular formula is C21H20N2O3S3. The zero-order valence-electron chi connectivity index (χ0n) is 16.5. The molecule has 0 amide bonds. The van der Waals surface area contributed by atoms with Crippen LogP contribution >= 0.6 is 34.0 Å². The number of aryl methyl sites for hydroxylation is 1. The Bertz CT molecular complexity index is 1270. The molecule has 29 heavy (non-hydrogen) atoms. The highest BCUT2D eigenvalue weighted by molar-refractivity contribution is 7.11. The average molecular weight is 445 g/mol. The van der Waals surface area contributed by atoms with E-state index in [0.29, 0.717) is 20.6 Å². The zero-order valence-corrected chi connectivity index (χ0v) is 18.9. The summed E-state index contributed by atoms with van der Waals surface area (Å²) in [4.78, 5) is 33.4. The fourth-order valence-corrected chi connectivity index (χ4v) is 6.01. The Morgan fingerprint density at radius 3 is 2.66 bits per heavy atom. The van der Waals surface area contributed by atoms with E-state index in [1.165, 1.54) is 22.7 Å². The SMILES string of the molecule is CC1=C(C(=O)OC(C)C)C(c2cccs2)n2c(sc(=Cc3sccc3C)c2=O)=N1. The van der Waals surface area contributed by atoms with Gasteiger partial charge in [0.15, 0.2) is 4.80 Å². The highest BCUT2D eigenvalue weighted by Gasteiger charge is 2.34. The van der Waals surface area contributed by atoms with Crippen LogP contribution in [0.15, 0.2) is 50.0 Å². The van der Waals surface area contributed by atoms with Crippen molar-refractivity contribution in [3.8, 4) is 0 Å². The number of nitrogens with zero attached hydrogens (tertiary/aromatic N) is 2. The Hall–Kier alpha value is -2.29. The normalized spacial score (nSPS) is 16.9. The number of allylic oxidation sites excluding steroid dienone is 1. The first-order valence-corrected chi connectivity index (χ1v) is 11.8. The standard InChI is InChI=1S/C21H20N2O3S3/c1-11(2)26-20(25)17-13(4)22-21-23(18(17)14-6-5-8-27-14)19(24)16(29-21)10-15-12(3)7-9-28-15/h5-11,18H,1-4H3. The number of hydrogen-bond acceptors (Lipinski definition) is 7. The molecule has 0 saturated heterocycles. The summed E-state index contributed by atoms with van der Waals surface area (Å²) < 4.78 is 7.73. The van der Waals surface area contributed by atoms with Crippen LogP contribution in [0, 0.1) is 6.92 Å². The van der Waals surface area contributed by atoms with Crippen molar-refractivity contribution < 1.29 is 9.53 Å². The molecule has 0 aromatic carbocycles.